The van der Waals surface area contributed by atoms with Crippen molar-refractivity contribution in [1.82, 2.24) is 14.9 Å². The molecule has 4 aromatic rings. The number of amides is 1. The lowest BCUT2D eigenvalue weighted by Crippen LogP contribution is -2.30. The van der Waals surface area contributed by atoms with Crippen LogP contribution in [0.25, 0.3) is 21.3 Å². The molecule has 1 aliphatic rings. The first kappa shape index (κ1) is 22.3. The highest BCUT2D eigenvalue weighted by molar-refractivity contribution is 7.18. The number of rotatable bonds is 8. The zero-order valence-electron chi connectivity index (χ0n) is 19.0. The van der Waals surface area contributed by atoms with Gasteiger partial charge in [0.25, 0.3) is 5.56 Å². The van der Waals surface area contributed by atoms with E-state index in [4.69, 9.17) is 4.74 Å². The second-order valence-corrected chi connectivity index (χ2v) is 9.53. The fraction of sp³-hybridized carbons (Fsp3) is 0.296. The third kappa shape index (κ3) is 4.75. The maximum absolute atomic E-state index is 13.0. The number of benzene rings is 2. The standard InChI is InChI=1S/C27H27N3O3S/c31-24(28-15-17-33-22-12-6-4-10-20(22)19-8-2-1-3-9-19)14-16-30-18-29-26-25(27(30)32)21-11-5-7-13-23(21)34-26/h1-4,6,8-10,12,18H,5,7,11,13-17H2,(H,28,31). The normalized spacial score (nSPS) is 12.9. The fourth-order valence-corrected chi connectivity index (χ4v) is 5.67. The van der Waals surface area contributed by atoms with E-state index in [9.17, 15) is 9.59 Å². The largest absolute Gasteiger partial charge is 0.491 e. The molecular formula is C27H27N3O3S. The molecule has 0 saturated carbocycles. The van der Waals surface area contributed by atoms with Crippen LogP contribution in [0.4, 0.5) is 0 Å². The van der Waals surface area contributed by atoms with Crippen molar-refractivity contribution in [3.8, 4) is 16.9 Å². The third-order valence-corrected chi connectivity index (χ3v) is 7.38. The average molecular weight is 474 g/mol. The first-order chi connectivity index (χ1) is 16.7. The number of nitrogens with zero attached hydrogens (tertiary/aromatic N) is 2. The summed E-state index contributed by atoms with van der Waals surface area (Å²) in [6, 6.07) is 18.0. The van der Waals surface area contributed by atoms with Crippen LogP contribution in [0.2, 0.25) is 0 Å². The van der Waals surface area contributed by atoms with Crippen molar-refractivity contribution in [1.29, 1.82) is 0 Å². The van der Waals surface area contributed by atoms with Gasteiger partial charge in [0.05, 0.1) is 18.3 Å². The van der Waals surface area contributed by atoms with Gasteiger partial charge in [-0.25, -0.2) is 4.98 Å². The number of para-hydroxylation sites is 1. The van der Waals surface area contributed by atoms with E-state index in [0.29, 0.717) is 19.7 Å². The lowest BCUT2D eigenvalue weighted by Gasteiger charge is -2.12. The maximum atomic E-state index is 13.0. The molecule has 174 valence electrons. The number of hydrogen-bond donors (Lipinski definition) is 1. The van der Waals surface area contributed by atoms with Crippen LogP contribution < -0.4 is 15.6 Å². The van der Waals surface area contributed by atoms with Crippen molar-refractivity contribution in [2.75, 3.05) is 13.2 Å². The van der Waals surface area contributed by atoms with Gasteiger partial charge in [-0.2, -0.15) is 0 Å². The number of aromatic nitrogens is 2. The van der Waals surface area contributed by atoms with Crippen LogP contribution in [0.3, 0.4) is 0 Å². The second-order valence-electron chi connectivity index (χ2n) is 8.44. The highest BCUT2D eigenvalue weighted by atomic mass is 32.1. The summed E-state index contributed by atoms with van der Waals surface area (Å²) in [5.41, 5.74) is 3.26. The first-order valence-corrected chi connectivity index (χ1v) is 12.6. The Labute approximate surface area is 202 Å². The minimum Gasteiger partial charge on any atom is -0.491 e. The highest BCUT2D eigenvalue weighted by Crippen LogP contribution is 2.33. The number of fused-ring (bicyclic) bond motifs is 3. The minimum atomic E-state index is -0.112. The Bertz CT molecular complexity index is 1360. The topological polar surface area (TPSA) is 73.2 Å². The van der Waals surface area contributed by atoms with Crippen LogP contribution in [0, 0.1) is 0 Å². The van der Waals surface area contributed by atoms with E-state index in [1.807, 2.05) is 54.6 Å². The van der Waals surface area contributed by atoms with Crippen LogP contribution >= 0.6 is 11.3 Å². The molecule has 0 saturated heterocycles. The van der Waals surface area contributed by atoms with Gasteiger partial charge in [-0.1, -0.05) is 48.5 Å². The molecule has 34 heavy (non-hydrogen) atoms. The zero-order valence-corrected chi connectivity index (χ0v) is 19.8. The van der Waals surface area contributed by atoms with Gasteiger partial charge in [0.15, 0.2) is 0 Å². The first-order valence-electron chi connectivity index (χ1n) is 11.7. The van der Waals surface area contributed by atoms with Crippen molar-refractivity contribution < 1.29 is 9.53 Å². The Kier molecular flexibility index (Phi) is 6.72. The smallest absolute Gasteiger partial charge is 0.262 e. The molecule has 0 unspecified atom stereocenters. The van der Waals surface area contributed by atoms with Gasteiger partial charge in [0, 0.05) is 23.4 Å². The number of hydrogen-bond acceptors (Lipinski definition) is 5. The predicted octanol–water partition coefficient (Wildman–Crippen LogP) is 4.59. The van der Waals surface area contributed by atoms with Gasteiger partial charge >= 0.3 is 0 Å². The van der Waals surface area contributed by atoms with E-state index in [1.165, 1.54) is 16.9 Å². The summed E-state index contributed by atoms with van der Waals surface area (Å²) in [4.78, 5) is 32.0. The van der Waals surface area contributed by atoms with Crippen LogP contribution in [0.1, 0.15) is 29.7 Å². The molecule has 1 amide bonds. The zero-order chi connectivity index (χ0) is 23.3. The molecule has 1 aliphatic carbocycles. The van der Waals surface area contributed by atoms with E-state index in [2.05, 4.69) is 10.3 Å². The van der Waals surface area contributed by atoms with Gasteiger partial charge in [-0.05, 0) is 42.9 Å². The molecule has 7 heteroatoms. The number of nitrogens with one attached hydrogen (secondary N) is 1. The van der Waals surface area contributed by atoms with Crippen LogP contribution in [-0.4, -0.2) is 28.6 Å². The predicted molar refractivity (Wildman–Crippen MR) is 136 cm³/mol. The molecule has 2 aromatic carbocycles. The average Bonchev–Trinajstić information content (AvgIpc) is 3.26. The van der Waals surface area contributed by atoms with Crippen LogP contribution in [-0.2, 0) is 24.2 Å². The minimum absolute atomic E-state index is 0.0296. The van der Waals surface area contributed by atoms with Crippen molar-refractivity contribution in [3.05, 3.63) is 81.7 Å². The maximum Gasteiger partial charge on any atom is 0.262 e. The van der Waals surface area contributed by atoms with Crippen LogP contribution in [0.15, 0.2) is 65.7 Å². The number of carbonyl (C=O) groups is 1. The quantitative estimate of drug-likeness (QED) is 0.380. The summed E-state index contributed by atoms with van der Waals surface area (Å²) in [6.45, 7) is 1.08. The molecule has 2 heterocycles. The molecule has 0 fully saturated rings. The number of ether oxygens (including phenoxy) is 1. The summed E-state index contributed by atoms with van der Waals surface area (Å²) in [6.07, 6.45) is 6.08. The van der Waals surface area contributed by atoms with E-state index in [0.717, 1.165) is 46.4 Å². The molecule has 0 bridgehead atoms. The Morgan fingerprint density at radius 3 is 2.74 bits per heavy atom. The molecule has 5 rings (SSSR count). The number of thiophene rings is 1. The Morgan fingerprint density at radius 1 is 1.06 bits per heavy atom. The van der Waals surface area contributed by atoms with Crippen molar-refractivity contribution in [2.24, 2.45) is 0 Å². The Morgan fingerprint density at radius 2 is 1.85 bits per heavy atom. The molecule has 0 aliphatic heterocycles. The fourth-order valence-electron chi connectivity index (χ4n) is 4.45. The van der Waals surface area contributed by atoms with Crippen molar-refractivity contribution in [3.63, 3.8) is 0 Å². The third-order valence-electron chi connectivity index (χ3n) is 6.18. The van der Waals surface area contributed by atoms with Crippen molar-refractivity contribution >= 4 is 27.5 Å². The summed E-state index contributed by atoms with van der Waals surface area (Å²) in [5, 5.41) is 3.64. The monoisotopic (exact) mass is 473 g/mol. The van der Waals surface area contributed by atoms with E-state index in [-0.39, 0.29) is 17.9 Å². The summed E-state index contributed by atoms with van der Waals surface area (Å²) >= 11 is 1.64. The van der Waals surface area contributed by atoms with E-state index >= 15 is 0 Å². The molecule has 0 atom stereocenters. The van der Waals surface area contributed by atoms with Gasteiger partial charge in [-0.15, -0.1) is 11.3 Å². The number of aryl methyl sites for hydroxylation is 3. The Balaban J connectivity index is 1.14. The van der Waals surface area contributed by atoms with Gasteiger partial charge in [0.2, 0.25) is 5.91 Å². The highest BCUT2D eigenvalue weighted by Gasteiger charge is 2.20. The van der Waals surface area contributed by atoms with Crippen molar-refractivity contribution in [2.45, 2.75) is 38.6 Å². The lowest BCUT2D eigenvalue weighted by atomic mass is 9.97. The molecule has 1 N–H and O–H groups in total. The van der Waals surface area contributed by atoms with E-state index < -0.39 is 0 Å². The molecule has 2 aromatic heterocycles. The van der Waals surface area contributed by atoms with Gasteiger partial charge in [-0.3, -0.25) is 14.2 Å². The summed E-state index contributed by atoms with van der Waals surface area (Å²) in [5.74, 6) is 0.673. The molecule has 0 spiro atoms. The van der Waals surface area contributed by atoms with E-state index in [1.54, 1.807) is 22.2 Å². The van der Waals surface area contributed by atoms with Crippen LogP contribution in [0.5, 0.6) is 5.75 Å². The van der Waals surface area contributed by atoms with Gasteiger partial charge in [0.1, 0.15) is 17.2 Å². The Hall–Kier alpha value is -3.45. The van der Waals surface area contributed by atoms with Gasteiger partial charge < -0.3 is 10.1 Å². The SMILES string of the molecule is O=C(CCn1cnc2sc3c(c2c1=O)CCCC3)NCCOc1ccccc1-c1ccccc1. The molecule has 0 radical (unpaired) electrons. The second kappa shape index (κ2) is 10.2. The summed E-state index contributed by atoms with van der Waals surface area (Å²) < 4.78 is 7.50. The number of carbonyl (C=O) groups excluding carboxylic acids is 1. The summed E-state index contributed by atoms with van der Waals surface area (Å²) in [7, 11) is 0. The lowest BCUT2D eigenvalue weighted by molar-refractivity contribution is -0.121. The molecule has 6 nitrogen and oxygen atoms in total. The molecular weight excluding hydrogens is 446 g/mol.